The van der Waals surface area contributed by atoms with Crippen molar-refractivity contribution >= 4 is 17.2 Å². The first kappa shape index (κ1) is 18.2. The molecule has 0 spiro atoms. The summed E-state index contributed by atoms with van der Waals surface area (Å²) < 4.78 is 31.2. The third kappa shape index (κ3) is 2.93. The van der Waals surface area contributed by atoms with E-state index in [4.69, 9.17) is 0 Å². The Morgan fingerprint density at radius 1 is 0.893 bits per heavy atom. The van der Waals surface area contributed by atoms with Crippen LogP contribution >= 0.6 is 0 Å². The maximum Gasteiger partial charge on any atom is 0.143 e. The average molecular weight is 377 g/mol. The van der Waals surface area contributed by atoms with Crippen molar-refractivity contribution in [1.82, 2.24) is 9.38 Å². The van der Waals surface area contributed by atoms with Crippen molar-refractivity contribution in [3.05, 3.63) is 83.1 Å². The van der Waals surface area contributed by atoms with Crippen molar-refractivity contribution in [2.45, 2.75) is 27.2 Å². The van der Waals surface area contributed by atoms with Gasteiger partial charge in [-0.3, -0.25) is 4.40 Å². The zero-order chi connectivity index (χ0) is 19.8. The van der Waals surface area contributed by atoms with Gasteiger partial charge in [0.2, 0.25) is 0 Å². The van der Waals surface area contributed by atoms with E-state index in [9.17, 15) is 8.78 Å². The molecule has 142 valence electrons. The maximum absolute atomic E-state index is 14.6. The van der Waals surface area contributed by atoms with Crippen LogP contribution < -0.4 is 5.32 Å². The van der Waals surface area contributed by atoms with Gasteiger partial charge in [-0.2, -0.15) is 0 Å². The Balaban J connectivity index is 2.05. The summed E-state index contributed by atoms with van der Waals surface area (Å²) in [6.45, 7) is 6.05. The number of nitrogens with one attached hydrogen (secondary N) is 1. The van der Waals surface area contributed by atoms with Gasteiger partial charge in [-0.05, 0) is 55.7 Å². The zero-order valence-electron chi connectivity index (χ0n) is 16.1. The molecule has 0 atom stereocenters. The minimum absolute atomic E-state index is 0.123. The van der Waals surface area contributed by atoms with E-state index in [1.165, 1.54) is 18.2 Å². The maximum atomic E-state index is 14.6. The molecule has 0 saturated carbocycles. The molecular weight excluding hydrogens is 356 g/mol. The molecule has 28 heavy (non-hydrogen) atoms. The Hall–Kier alpha value is -3.21. The fourth-order valence-electron chi connectivity index (χ4n) is 3.58. The van der Waals surface area contributed by atoms with Crippen molar-refractivity contribution in [1.29, 1.82) is 0 Å². The van der Waals surface area contributed by atoms with Crippen LogP contribution in [0.2, 0.25) is 0 Å². The number of pyridine rings is 1. The number of aryl methyl sites for hydroxylation is 3. The van der Waals surface area contributed by atoms with E-state index in [1.54, 1.807) is 0 Å². The van der Waals surface area contributed by atoms with Gasteiger partial charge in [0.25, 0.3) is 0 Å². The summed E-state index contributed by atoms with van der Waals surface area (Å²) in [5.41, 5.74) is 4.79. The van der Waals surface area contributed by atoms with Crippen molar-refractivity contribution in [3.63, 3.8) is 0 Å². The summed E-state index contributed by atoms with van der Waals surface area (Å²) in [6, 6.07) is 15.6. The molecule has 2 heterocycles. The smallest absolute Gasteiger partial charge is 0.143 e. The van der Waals surface area contributed by atoms with E-state index in [-0.39, 0.29) is 11.3 Å². The highest BCUT2D eigenvalue weighted by molar-refractivity contribution is 5.82. The van der Waals surface area contributed by atoms with E-state index in [0.717, 1.165) is 28.9 Å². The van der Waals surface area contributed by atoms with Gasteiger partial charge in [0, 0.05) is 11.4 Å². The second-order valence-corrected chi connectivity index (χ2v) is 6.86. The minimum atomic E-state index is -0.633. The zero-order valence-corrected chi connectivity index (χ0v) is 16.1. The number of hydrogen-bond donors (Lipinski definition) is 1. The highest BCUT2D eigenvalue weighted by Crippen LogP contribution is 2.36. The molecule has 0 aliphatic carbocycles. The first-order valence-electron chi connectivity index (χ1n) is 9.29. The molecule has 0 aliphatic rings. The number of imidazole rings is 1. The van der Waals surface area contributed by atoms with Gasteiger partial charge in [-0.1, -0.05) is 37.3 Å². The van der Waals surface area contributed by atoms with Gasteiger partial charge in [-0.15, -0.1) is 0 Å². The molecule has 0 fully saturated rings. The molecule has 1 N–H and O–H groups in total. The lowest BCUT2D eigenvalue weighted by Gasteiger charge is -2.15. The van der Waals surface area contributed by atoms with Crippen LogP contribution in [0.3, 0.4) is 0 Å². The van der Waals surface area contributed by atoms with E-state index in [1.807, 2.05) is 61.6 Å². The van der Waals surface area contributed by atoms with Crippen molar-refractivity contribution in [2.75, 3.05) is 5.32 Å². The third-order valence-corrected chi connectivity index (χ3v) is 5.01. The van der Waals surface area contributed by atoms with Crippen molar-refractivity contribution < 1.29 is 8.78 Å². The van der Waals surface area contributed by atoms with Gasteiger partial charge in [0.1, 0.15) is 28.8 Å². The van der Waals surface area contributed by atoms with Gasteiger partial charge >= 0.3 is 0 Å². The van der Waals surface area contributed by atoms with E-state index in [0.29, 0.717) is 11.5 Å². The summed E-state index contributed by atoms with van der Waals surface area (Å²) in [5.74, 6) is -0.703. The monoisotopic (exact) mass is 377 g/mol. The van der Waals surface area contributed by atoms with Crippen LogP contribution in [0, 0.1) is 25.5 Å². The molecule has 5 heteroatoms. The lowest BCUT2D eigenvalue weighted by molar-refractivity contribution is 0.589. The predicted molar refractivity (Wildman–Crippen MR) is 109 cm³/mol. The fraction of sp³-hybridized carbons (Fsp3) is 0.174. The number of aromatic nitrogens is 2. The SMILES string of the molecule is CCc1cccc2nc(-c3c(F)cccc3F)c(Nc3c(C)cccc3C)n12. The largest absolute Gasteiger partial charge is 0.339 e. The topological polar surface area (TPSA) is 29.3 Å². The Morgan fingerprint density at radius 2 is 1.50 bits per heavy atom. The van der Waals surface area contributed by atoms with Crippen LogP contribution in [-0.2, 0) is 6.42 Å². The first-order chi connectivity index (χ1) is 13.5. The van der Waals surface area contributed by atoms with Gasteiger partial charge in [0.15, 0.2) is 0 Å². The molecule has 0 bridgehead atoms. The summed E-state index contributed by atoms with van der Waals surface area (Å²) in [6.07, 6.45) is 0.758. The van der Waals surface area contributed by atoms with Crippen LogP contribution in [0.1, 0.15) is 23.7 Å². The molecule has 0 unspecified atom stereocenters. The second kappa shape index (κ2) is 7.08. The summed E-state index contributed by atoms with van der Waals surface area (Å²) in [5, 5.41) is 3.43. The van der Waals surface area contributed by atoms with Crippen LogP contribution in [0.25, 0.3) is 16.9 Å². The van der Waals surface area contributed by atoms with Crippen LogP contribution in [0.4, 0.5) is 20.3 Å². The normalized spacial score (nSPS) is 11.2. The number of hydrogen-bond acceptors (Lipinski definition) is 2. The van der Waals surface area contributed by atoms with E-state index >= 15 is 0 Å². The number of rotatable bonds is 4. The molecule has 0 amide bonds. The Labute approximate surface area is 162 Å². The highest BCUT2D eigenvalue weighted by atomic mass is 19.1. The molecule has 4 aromatic rings. The van der Waals surface area contributed by atoms with Crippen LogP contribution in [0.5, 0.6) is 0 Å². The van der Waals surface area contributed by atoms with Gasteiger partial charge < -0.3 is 5.32 Å². The lowest BCUT2D eigenvalue weighted by Crippen LogP contribution is -2.04. The second-order valence-electron chi connectivity index (χ2n) is 6.86. The minimum Gasteiger partial charge on any atom is -0.339 e. The Morgan fingerprint density at radius 3 is 2.14 bits per heavy atom. The summed E-state index contributed by atoms with van der Waals surface area (Å²) >= 11 is 0. The quantitative estimate of drug-likeness (QED) is 0.459. The molecule has 2 aromatic carbocycles. The molecule has 0 radical (unpaired) electrons. The molecule has 0 aliphatic heterocycles. The van der Waals surface area contributed by atoms with Crippen molar-refractivity contribution in [3.8, 4) is 11.3 Å². The molecule has 0 saturated heterocycles. The molecule has 2 aromatic heterocycles. The molecular formula is C23H21F2N3. The fourth-order valence-corrected chi connectivity index (χ4v) is 3.58. The lowest BCUT2D eigenvalue weighted by atomic mass is 10.1. The molecule has 4 rings (SSSR count). The first-order valence-corrected chi connectivity index (χ1v) is 9.29. The summed E-state index contributed by atoms with van der Waals surface area (Å²) in [7, 11) is 0. The van der Waals surface area contributed by atoms with E-state index in [2.05, 4.69) is 10.3 Å². The number of benzene rings is 2. The van der Waals surface area contributed by atoms with Gasteiger partial charge in [-0.25, -0.2) is 13.8 Å². The average Bonchev–Trinajstić information content (AvgIpc) is 3.03. The third-order valence-electron chi connectivity index (χ3n) is 5.01. The highest BCUT2D eigenvalue weighted by Gasteiger charge is 2.22. The Kier molecular flexibility index (Phi) is 4.59. The van der Waals surface area contributed by atoms with Crippen molar-refractivity contribution in [2.24, 2.45) is 0 Å². The Bertz CT molecular complexity index is 1140. The van der Waals surface area contributed by atoms with Crippen LogP contribution in [0.15, 0.2) is 54.6 Å². The number of para-hydroxylation sites is 1. The number of nitrogens with zero attached hydrogens (tertiary/aromatic N) is 2. The number of halogens is 2. The number of fused-ring (bicyclic) bond motifs is 1. The summed E-state index contributed by atoms with van der Waals surface area (Å²) in [4.78, 5) is 4.59. The van der Waals surface area contributed by atoms with Crippen LogP contribution in [-0.4, -0.2) is 9.38 Å². The van der Waals surface area contributed by atoms with Gasteiger partial charge in [0.05, 0.1) is 5.56 Å². The van der Waals surface area contributed by atoms with E-state index < -0.39 is 11.6 Å². The standard InChI is InChI=1S/C23H21F2N3/c1-4-16-10-6-13-19-26-22(20-17(24)11-7-12-18(20)25)23(28(16)19)27-21-14(2)8-5-9-15(21)3/h5-13,27H,4H2,1-3H3. The number of anilines is 2. The predicted octanol–water partition coefficient (Wildman–Crippen LogP) is 6.20. The molecule has 3 nitrogen and oxygen atoms in total.